The molecule has 3 heteroatoms. The highest BCUT2D eigenvalue weighted by molar-refractivity contribution is 5.76. The van der Waals surface area contributed by atoms with Crippen molar-refractivity contribution in [3.05, 3.63) is 0 Å². The van der Waals surface area contributed by atoms with Gasteiger partial charge >= 0.3 is 5.78 Å². The van der Waals surface area contributed by atoms with Crippen molar-refractivity contribution in [2.24, 2.45) is 0 Å². The topological polar surface area (TPSA) is 54.6 Å². The summed E-state index contributed by atoms with van der Waals surface area (Å²) < 4.78 is 3.32. The summed E-state index contributed by atoms with van der Waals surface area (Å²) in [7, 11) is 0. The Bertz CT molecular complexity index is 57.1. The lowest BCUT2D eigenvalue weighted by Crippen LogP contribution is -2.09. The van der Waals surface area contributed by atoms with Crippen LogP contribution in [0.5, 0.6) is 0 Å². The minimum Gasteiger partial charge on any atom is -0.463 e. The normalized spacial score (nSPS) is 12.0. The van der Waals surface area contributed by atoms with Crippen molar-refractivity contribution in [2.45, 2.75) is 6.92 Å². The summed E-state index contributed by atoms with van der Waals surface area (Å²) >= 11 is 0. The maximum atomic E-state index is 9.16. The molecule has 0 heterocycles. The Balaban J connectivity index is 3.22. The van der Waals surface area contributed by atoms with Gasteiger partial charge in [-0.2, -0.15) is 4.58 Å². The van der Waals surface area contributed by atoms with Gasteiger partial charge in [0.05, 0.1) is 6.92 Å². The average molecular weight is 90.1 g/mol. The minimum absolute atomic E-state index is 0.0926. The SMILES string of the molecule is CC(CO)=[O+][O-]. The van der Waals surface area contributed by atoms with Crippen LogP contribution in [0.25, 0.3) is 0 Å². The summed E-state index contributed by atoms with van der Waals surface area (Å²) in [6.07, 6.45) is 0. The second kappa shape index (κ2) is 2.66. The number of rotatable bonds is 1. The second-order valence-electron chi connectivity index (χ2n) is 0.943. The molecule has 0 aliphatic rings. The van der Waals surface area contributed by atoms with E-state index in [1.807, 2.05) is 0 Å². The van der Waals surface area contributed by atoms with Gasteiger partial charge in [-0.05, 0) is 0 Å². The van der Waals surface area contributed by atoms with E-state index in [-0.39, 0.29) is 12.4 Å². The number of carbonyl (C=O) groups excluding carboxylic acids is 1. The van der Waals surface area contributed by atoms with Crippen molar-refractivity contribution in [3.8, 4) is 0 Å². The Morgan fingerprint density at radius 1 is 2.00 bits per heavy atom. The predicted octanol–water partition coefficient (Wildman–Crippen LogP) is -1.62. The molecule has 3 nitrogen and oxygen atoms in total. The summed E-state index contributed by atoms with van der Waals surface area (Å²) in [5.41, 5.74) is 0. The van der Waals surface area contributed by atoms with E-state index in [9.17, 15) is 0 Å². The molecule has 1 N–H and O–H groups in total. The van der Waals surface area contributed by atoms with Gasteiger partial charge in [0.1, 0.15) is 0 Å². The first kappa shape index (κ1) is 5.43. The second-order valence-corrected chi connectivity index (χ2v) is 0.943. The lowest BCUT2D eigenvalue weighted by atomic mass is 10.5. The van der Waals surface area contributed by atoms with E-state index in [2.05, 4.69) is 4.58 Å². The summed E-state index contributed by atoms with van der Waals surface area (Å²) in [6, 6.07) is 0. The van der Waals surface area contributed by atoms with Crippen LogP contribution in [0.2, 0.25) is 0 Å². The fourth-order valence-electron chi connectivity index (χ4n) is 0.0264. The molecule has 0 amide bonds. The molecule has 0 rings (SSSR count). The van der Waals surface area contributed by atoms with Crippen molar-refractivity contribution in [3.63, 3.8) is 0 Å². The average Bonchev–Trinajstić information content (AvgIpc) is 1.65. The summed E-state index contributed by atoms with van der Waals surface area (Å²) in [5.74, 6) is 0.0926. The molecule has 36 valence electrons. The molecule has 0 saturated carbocycles. The van der Waals surface area contributed by atoms with E-state index in [4.69, 9.17) is 10.4 Å². The smallest absolute Gasteiger partial charge is 0.351 e. The molecule has 0 spiro atoms. The number of aliphatic hydroxyl groups is 1. The first-order chi connectivity index (χ1) is 2.81. The van der Waals surface area contributed by atoms with Gasteiger partial charge < -0.3 is 10.4 Å². The van der Waals surface area contributed by atoms with Gasteiger partial charge in [-0.1, -0.05) is 0 Å². The summed E-state index contributed by atoms with van der Waals surface area (Å²) in [6.45, 7) is 1.12. The van der Waals surface area contributed by atoms with Crippen LogP contribution in [-0.4, -0.2) is 17.5 Å². The molecule has 0 bridgehead atoms. The minimum atomic E-state index is -0.288. The Morgan fingerprint density at radius 2 is 2.50 bits per heavy atom. The fraction of sp³-hybridized carbons (Fsp3) is 0.667. The van der Waals surface area contributed by atoms with Gasteiger partial charge in [-0.15, -0.1) is 0 Å². The van der Waals surface area contributed by atoms with Crippen LogP contribution in [0.15, 0.2) is 0 Å². The molecule has 6 heavy (non-hydrogen) atoms. The highest BCUT2D eigenvalue weighted by Gasteiger charge is 1.93. The van der Waals surface area contributed by atoms with Crippen molar-refractivity contribution < 1.29 is 14.9 Å². The molecule has 0 aromatic carbocycles. The van der Waals surface area contributed by atoms with E-state index in [0.717, 1.165) is 0 Å². The number of hydrogen-bond donors (Lipinski definition) is 1. The van der Waals surface area contributed by atoms with Crippen molar-refractivity contribution in [1.82, 2.24) is 0 Å². The van der Waals surface area contributed by atoms with Crippen LogP contribution in [0.1, 0.15) is 6.92 Å². The third-order valence-corrected chi connectivity index (χ3v) is 0.365. The van der Waals surface area contributed by atoms with Crippen LogP contribution in [0, 0.1) is 0 Å². The lowest BCUT2D eigenvalue weighted by molar-refractivity contribution is -1.05. The molecule has 0 unspecified atom stereocenters. The molecular weight excluding hydrogens is 84.0 g/mol. The zero-order valence-electron chi connectivity index (χ0n) is 3.47. The third kappa shape index (κ3) is 1.72. The Hall–Kier alpha value is -0.570. The van der Waals surface area contributed by atoms with Crippen LogP contribution in [-0.2, 0) is 4.58 Å². The fourth-order valence-corrected chi connectivity index (χ4v) is 0.0264. The number of ketones is 1. The van der Waals surface area contributed by atoms with E-state index >= 15 is 0 Å². The van der Waals surface area contributed by atoms with E-state index in [1.165, 1.54) is 6.92 Å². The van der Waals surface area contributed by atoms with Gasteiger partial charge in [0.15, 0.2) is 6.61 Å². The maximum Gasteiger partial charge on any atom is 0.351 e. The van der Waals surface area contributed by atoms with Crippen LogP contribution in [0.3, 0.4) is 0 Å². The predicted molar refractivity (Wildman–Crippen MR) is 17.8 cm³/mol. The van der Waals surface area contributed by atoms with Gasteiger partial charge in [0, 0.05) is 0 Å². The molecule has 0 aromatic rings. The van der Waals surface area contributed by atoms with Gasteiger partial charge in [0.25, 0.3) is 0 Å². The molecular formula is C3H6O3. The van der Waals surface area contributed by atoms with Crippen molar-refractivity contribution >= 4 is 5.78 Å². The molecule has 0 atom stereocenters. The maximum absolute atomic E-state index is 9.16. The molecule has 0 aliphatic carbocycles. The number of hydrogen-bond acceptors (Lipinski definition) is 2. The zero-order chi connectivity index (χ0) is 4.99. The van der Waals surface area contributed by atoms with Gasteiger partial charge in [0.2, 0.25) is 0 Å². The molecule has 0 radical (unpaired) electrons. The quantitative estimate of drug-likeness (QED) is 0.239. The van der Waals surface area contributed by atoms with E-state index < -0.39 is 0 Å². The van der Waals surface area contributed by atoms with Crippen molar-refractivity contribution in [2.75, 3.05) is 6.61 Å². The largest absolute Gasteiger partial charge is 0.463 e. The first-order valence-electron chi connectivity index (χ1n) is 1.54. The first-order valence-corrected chi connectivity index (χ1v) is 1.54. The van der Waals surface area contributed by atoms with Crippen LogP contribution >= 0.6 is 0 Å². The van der Waals surface area contributed by atoms with E-state index in [1.54, 1.807) is 0 Å². The van der Waals surface area contributed by atoms with Crippen molar-refractivity contribution in [1.29, 1.82) is 0 Å². The standard InChI is InChI=1S/C3H6O3/c1-3(2-4)6-5/h4H,2H2,1H3. The zero-order valence-corrected chi connectivity index (χ0v) is 3.47. The number of aliphatic hydroxyl groups excluding tert-OH is 1. The third-order valence-electron chi connectivity index (χ3n) is 0.365. The van der Waals surface area contributed by atoms with E-state index in [0.29, 0.717) is 0 Å². The summed E-state index contributed by atoms with van der Waals surface area (Å²) in [5, 5.41) is 17.1. The lowest BCUT2D eigenvalue weighted by Gasteiger charge is -1.73. The highest BCUT2D eigenvalue weighted by atomic mass is 17.1. The van der Waals surface area contributed by atoms with Gasteiger partial charge in [-0.3, -0.25) is 0 Å². The summed E-state index contributed by atoms with van der Waals surface area (Å²) in [4.78, 5) is 0. The molecule has 0 saturated heterocycles. The molecule has 0 fully saturated rings. The molecule has 0 aromatic heterocycles. The Morgan fingerprint density at radius 3 is 2.50 bits per heavy atom. The van der Waals surface area contributed by atoms with Crippen LogP contribution < -0.4 is 5.26 Å². The monoisotopic (exact) mass is 90.0 g/mol. The molecule has 0 aliphatic heterocycles. The Kier molecular flexibility index (Phi) is 2.40. The Labute approximate surface area is 35.5 Å². The van der Waals surface area contributed by atoms with Crippen LogP contribution in [0.4, 0.5) is 0 Å². The highest BCUT2D eigenvalue weighted by Crippen LogP contribution is 1.58. The van der Waals surface area contributed by atoms with Gasteiger partial charge in [-0.25, -0.2) is 0 Å².